The van der Waals surface area contributed by atoms with Crippen LogP contribution in [0.1, 0.15) is 41.5 Å². The Hall–Kier alpha value is 0.425. The fourth-order valence-corrected chi connectivity index (χ4v) is 1.91. The Kier molecular flexibility index (Phi) is 7.09. The van der Waals surface area contributed by atoms with E-state index in [1.807, 2.05) is 41.5 Å². The van der Waals surface area contributed by atoms with E-state index in [0.29, 0.717) is 5.23 Å². The van der Waals surface area contributed by atoms with E-state index in [0.717, 1.165) is 0 Å². The second-order valence-electron chi connectivity index (χ2n) is 4.50. The Balaban J connectivity index is 4.59. The van der Waals surface area contributed by atoms with Crippen molar-refractivity contribution in [3.8, 4) is 0 Å². The zero-order valence-electron chi connectivity index (χ0n) is 10.6. The van der Waals surface area contributed by atoms with Crippen molar-refractivity contribution >= 4 is 22.7 Å². The Morgan fingerprint density at radius 1 is 0.800 bits per heavy atom. The number of halogens is 1. The zero-order valence-corrected chi connectivity index (χ0v) is 12.2. The van der Waals surface area contributed by atoms with Crippen LogP contribution in [-0.4, -0.2) is 30.3 Å². The van der Waals surface area contributed by atoms with Gasteiger partial charge in [-0.2, -0.15) is 0 Å². The summed E-state index contributed by atoms with van der Waals surface area (Å²) in [5.41, 5.74) is 0. The maximum absolute atomic E-state index is 5.78. The number of rotatable bonds is 7. The molecule has 0 rings (SSSR count). The fourth-order valence-electron chi connectivity index (χ4n) is 1.45. The van der Waals surface area contributed by atoms with E-state index in [-0.39, 0.29) is 18.3 Å². The predicted octanol–water partition coefficient (Wildman–Crippen LogP) is 3.13. The summed E-state index contributed by atoms with van der Waals surface area (Å²) in [7, 11) is 0. The first-order chi connectivity index (χ1) is 6.81. The molecule has 0 N–H and O–H groups in total. The summed E-state index contributed by atoms with van der Waals surface area (Å²) in [6, 6.07) is 0. The Morgan fingerprint density at radius 3 is 1.20 bits per heavy atom. The van der Waals surface area contributed by atoms with Crippen LogP contribution in [-0.2, 0) is 14.0 Å². The van der Waals surface area contributed by atoms with Crippen molar-refractivity contribution in [2.75, 3.05) is 5.23 Å². The van der Waals surface area contributed by atoms with Crippen molar-refractivity contribution < 1.29 is 14.0 Å². The van der Waals surface area contributed by atoms with Gasteiger partial charge in [-0.1, -0.05) is 0 Å². The first-order valence-corrected chi connectivity index (χ1v) is 6.68. The van der Waals surface area contributed by atoms with Gasteiger partial charge >= 0.3 is 6.75 Å². The van der Waals surface area contributed by atoms with Crippen molar-refractivity contribution in [3.63, 3.8) is 0 Å². The van der Waals surface area contributed by atoms with Gasteiger partial charge < -0.3 is 14.0 Å². The molecule has 0 fully saturated rings. The van der Waals surface area contributed by atoms with Crippen molar-refractivity contribution in [2.45, 2.75) is 59.9 Å². The lowest BCUT2D eigenvalue weighted by Gasteiger charge is -2.44. The number of hydrogen-bond acceptors (Lipinski definition) is 3. The van der Waals surface area contributed by atoms with E-state index in [9.17, 15) is 0 Å². The molecule has 0 amide bonds. The van der Waals surface area contributed by atoms with Gasteiger partial charge in [0.25, 0.3) is 0 Å². The normalized spacial score (nSPS) is 13.2. The summed E-state index contributed by atoms with van der Waals surface area (Å²) in [6.07, 6.45) is 0.250. The molecule has 0 radical (unpaired) electrons. The largest absolute Gasteiger partial charge is 0.542 e. The number of hydrogen-bond donors (Lipinski definition) is 0. The molecule has 0 saturated carbocycles. The van der Waals surface area contributed by atoms with Crippen molar-refractivity contribution in [1.82, 2.24) is 0 Å². The molecule has 0 aliphatic carbocycles. The Morgan fingerprint density at radius 2 is 1.07 bits per heavy atom. The molecule has 3 nitrogen and oxygen atoms in total. The molecule has 0 aromatic rings. The molecule has 0 spiro atoms. The highest BCUT2D eigenvalue weighted by Gasteiger charge is 2.31. The van der Waals surface area contributed by atoms with Gasteiger partial charge in [0.15, 0.2) is 0 Å². The lowest BCUT2D eigenvalue weighted by atomic mass is 9.80. The first-order valence-electron chi connectivity index (χ1n) is 5.55. The van der Waals surface area contributed by atoms with Crippen LogP contribution in [0.5, 0.6) is 0 Å². The van der Waals surface area contributed by atoms with Crippen LogP contribution in [0.25, 0.3) is 0 Å². The molecule has 5 heteroatoms. The summed E-state index contributed by atoms with van der Waals surface area (Å²) < 4.78 is 17.3. The molecule has 0 aromatic heterocycles. The summed E-state index contributed by atoms with van der Waals surface area (Å²) >= 11 is 3.41. The fraction of sp³-hybridized carbons (Fsp3) is 1.00. The zero-order chi connectivity index (χ0) is 12.1. The summed E-state index contributed by atoms with van der Waals surface area (Å²) in [5.74, 6) is 0. The van der Waals surface area contributed by atoms with Crippen LogP contribution in [0.15, 0.2) is 0 Å². The Bertz CT molecular complexity index is 148. The van der Waals surface area contributed by atoms with Gasteiger partial charge in [-0.25, -0.2) is 0 Å². The third kappa shape index (κ3) is 6.56. The molecule has 0 saturated heterocycles. The minimum absolute atomic E-state index is 0.0834. The molecular weight excluding hydrogens is 259 g/mol. The molecule has 0 bridgehead atoms. The summed E-state index contributed by atoms with van der Waals surface area (Å²) in [4.78, 5) is 0. The van der Waals surface area contributed by atoms with Gasteiger partial charge in [-0.15, -0.1) is 15.9 Å². The van der Waals surface area contributed by atoms with Gasteiger partial charge in [0.2, 0.25) is 0 Å². The van der Waals surface area contributed by atoms with E-state index >= 15 is 0 Å². The highest BCUT2D eigenvalue weighted by atomic mass is 79.9. The molecule has 92 valence electrons. The van der Waals surface area contributed by atoms with E-state index in [2.05, 4.69) is 15.9 Å². The second-order valence-corrected chi connectivity index (χ2v) is 5.14. The average Bonchev–Trinajstić information content (AvgIpc) is 1.99. The van der Waals surface area contributed by atoms with Gasteiger partial charge in [0, 0.05) is 18.3 Å². The minimum Gasteiger partial charge on any atom is -0.542 e. The molecule has 15 heavy (non-hydrogen) atoms. The van der Waals surface area contributed by atoms with E-state index in [1.165, 1.54) is 0 Å². The first kappa shape index (κ1) is 15.4. The molecule has 0 unspecified atom stereocenters. The lowest BCUT2D eigenvalue weighted by Crippen LogP contribution is -2.52. The molecule has 0 aliphatic heterocycles. The molecular formula is C10H23BBrO3-. The van der Waals surface area contributed by atoms with Gasteiger partial charge in [-0.05, 0) is 46.8 Å². The van der Waals surface area contributed by atoms with E-state index in [4.69, 9.17) is 14.0 Å². The van der Waals surface area contributed by atoms with Crippen LogP contribution in [0.2, 0.25) is 0 Å². The van der Waals surface area contributed by atoms with Gasteiger partial charge in [0.05, 0.1) is 0 Å². The van der Waals surface area contributed by atoms with Crippen LogP contribution < -0.4 is 0 Å². The van der Waals surface area contributed by atoms with E-state index < -0.39 is 6.75 Å². The number of alkyl halides is 1. The van der Waals surface area contributed by atoms with Crippen LogP contribution >= 0.6 is 15.9 Å². The van der Waals surface area contributed by atoms with Crippen molar-refractivity contribution in [3.05, 3.63) is 0 Å². The monoisotopic (exact) mass is 281 g/mol. The highest BCUT2D eigenvalue weighted by molar-refractivity contribution is 9.09. The van der Waals surface area contributed by atoms with Crippen LogP contribution in [0.3, 0.4) is 0 Å². The molecule has 0 heterocycles. The minimum atomic E-state index is -1.68. The SMILES string of the molecule is CC(C)O[B-](CBr)(OC(C)C)OC(C)C. The average molecular weight is 282 g/mol. The second kappa shape index (κ2) is 6.89. The smallest absolute Gasteiger partial charge is 0.389 e. The van der Waals surface area contributed by atoms with Crippen molar-refractivity contribution in [1.29, 1.82) is 0 Å². The summed E-state index contributed by atoms with van der Waals surface area (Å²) in [6.45, 7) is 10.2. The van der Waals surface area contributed by atoms with Crippen molar-refractivity contribution in [2.24, 2.45) is 0 Å². The van der Waals surface area contributed by atoms with E-state index in [1.54, 1.807) is 0 Å². The van der Waals surface area contributed by atoms with Gasteiger partial charge in [-0.3, -0.25) is 0 Å². The standard InChI is InChI=1S/C10H23BBrO3/c1-8(2)13-11(7-12,14-9(3)4)15-10(5)6/h8-10H,7H2,1-6H3/q-1. The third-order valence-electron chi connectivity index (χ3n) is 1.63. The third-order valence-corrected chi connectivity index (χ3v) is 2.42. The molecule has 0 aromatic carbocycles. The Labute approximate surface area is 102 Å². The van der Waals surface area contributed by atoms with Crippen LogP contribution in [0.4, 0.5) is 0 Å². The highest BCUT2D eigenvalue weighted by Crippen LogP contribution is 2.19. The quantitative estimate of drug-likeness (QED) is 0.530. The van der Waals surface area contributed by atoms with Crippen LogP contribution in [0, 0.1) is 0 Å². The summed E-state index contributed by atoms with van der Waals surface area (Å²) in [5, 5.41) is 0.557. The van der Waals surface area contributed by atoms with Gasteiger partial charge in [0.1, 0.15) is 0 Å². The topological polar surface area (TPSA) is 27.7 Å². The lowest BCUT2D eigenvalue weighted by molar-refractivity contribution is 0.00832. The molecule has 0 atom stereocenters. The molecule has 0 aliphatic rings. The maximum atomic E-state index is 5.78. The maximum Gasteiger partial charge on any atom is 0.389 e. The predicted molar refractivity (Wildman–Crippen MR) is 68.2 cm³/mol.